The van der Waals surface area contributed by atoms with E-state index in [4.69, 9.17) is 16.1 Å². The van der Waals surface area contributed by atoms with Crippen LogP contribution in [0.4, 0.5) is 39.5 Å². The Bertz CT molecular complexity index is 3370. The van der Waals surface area contributed by atoms with Crippen molar-refractivity contribution in [3.63, 3.8) is 0 Å². The molecule has 0 saturated heterocycles. The number of fused-ring (bicyclic) bond motifs is 8. The van der Waals surface area contributed by atoms with E-state index in [9.17, 15) is 13.6 Å². The molecule has 2 N–H and O–H groups in total. The van der Waals surface area contributed by atoms with Gasteiger partial charge in [-0.25, -0.2) is 54.3 Å². The molecule has 5 heterocycles. The predicted octanol–water partition coefficient (Wildman–Crippen LogP) is 11.4. The summed E-state index contributed by atoms with van der Waals surface area (Å²) in [6, 6.07) is 18.6. The number of carbonyl (C=O) groups is 1. The summed E-state index contributed by atoms with van der Waals surface area (Å²) < 4.78 is 151. The van der Waals surface area contributed by atoms with Gasteiger partial charge in [-0.15, -0.1) is 22.1 Å². The molecular formula is C48H26F9IMgN4O2S+2. The summed E-state index contributed by atoms with van der Waals surface area (Å²) >= 11 is 3.34. The Labute approximate surface area is 403 Å². The van der Waals surface area contributed by atoms with Crippen LogP contribution in [0, 0.1) is 55.9 Å². The zero-order chi connectivity index (χ0) is 46.6. The van der Waals surface area contributed by atoms with E-state index < -0.39 is 75.0 Å². The number of aromatic nitrogens is 4. The van der Waals surface area contributed by atoms with Gasteiger partial charge in [-0.05, 0) is 64.2 Å². The quantitative estimate of drug-likeness (QED) is 0.0288. The van der Waals surface area contributed by atoms with Crippen molar-refractivity contribution in [2.45, 2.75) is 0 Å². The summed E-state index contributed by atoms with van der Waals surface area (Å²) in [6.45, 7) is 0.0416. The Morgan fingerprint density at radius 3 is 1.48 bits per heavy atom. The SMILES string of the molecule is [3H]CSCCOC(=O)c1ccc(-c2c3[nH+]c(c(-c4c(F)c(F)c(F)c(F)c4F)c4ccc([n-]4)c(-c4ccc(I)cc4)c4[nH+]c(c(-c5c(F)cc(F)c(F)c5F)c5ccc2[n-]5)C=C4)C=C3)cc1.[Mg+2]. The second-order valence-electron chi connectivity index (χ2n) is 14.4. The summed E-state index contributed by atoms with van der Waals surface area (Å²) in [6.07, 6.45) is 5.77. The van der Waals surface area contributed by atoms with Gasteiger partial charge in [0.1, 0.15) is 12.4 Å². The molecule has 2 aliphatic heterocycles. The van der Waals surface area contributed by atoms with E-state index in [1.165, 1.54) is 84.6 Å². The summed E-state index contributed by atoms with van der Waals surface area (Å²) in [4.78, 5) is 28.5. The number of nitrogens with one attached hydrogen (secondary N) is 2. The van der Waals surface area contributed by atoms with Gasteiger partial charge in [0.25, 0.3) is 0 Å². The fourth-order valence-electron chi connectivity index (χ4n) is 7.62. The summed E-state index contributed by atoms with van der Waals surface area (Å²) in [7, 11) is 0. The first kappa shape index (κ1) is 45.3. The Hall–Kier alpha value is -5.83. The average Bonchev–Trinajstić information content (AvgIpc) is 4.17. The van der Waals surface area contributed by atoms with Crippen LogP contribution in [0.15, 0.2) is 78.9 Å². The molecule has 8 bridgehead atoms. The minimum absolute atomic E-state index is 0. The van der Waals surface area contributed by atoms with Crippen LogP contribution >= 0.6 is 34.4 Å². The van der Waals surface area contributed by atoms with E-state index in [0.717, 1.165) is 3.57 Å². The number of H-pyrrole nitrogens is 2. The Balaban J connectivity index is 0.00000608. The van der Waals surface area contributed by atoms with Gasteiger partial charge in [-0.3, -0.25) is 0 Å². The molecule has 0 saturated carbocycles. The zero-order valence-corrected chi connectivity index (χ0v) is 37.9. The van der Waals surface area contributed by atoms with E-state index in [-0.39, 0.29) is 103 Å². The Morgan fingerprint density at radius 2 is 0.985 bits per heavy atom. The van der Waals surface area contributed by atoms with Crippen LogP contribution < -0.4 is 19.9 Å². The van der Waals surface area contributed by atoms with Crippen molar-refractivity contribution < 1.29 is 60.4 Å². The van der Waals surface area contributed by atoms with Crippen LogP contribution in [0.5, 0.6) is 0 Å². The molecule has 0 radical (unpaired) electrons. The predicted molar refractivity (Wildman–Crippen MR) is 243 cm³/mol. The number of hydrogen-bond donors (Lipinski definition) is 0. The molecule has 0 spiro atoms. The summed E-state index contributed by atoms with van der Waals surface area (Å²) in [5.41, 5.74) is -1.65. The van der Waals surface area contributed by atoms with Crippen molar-refractivity contribution in [1.29, 1.82) is 0 Å². The van der Waals surface area contributed by atoms with Gasteiger partial charge >= 0.3 is 29.0 Å². The third kappa shape index (κ3) is 8.32. The van der Waals surface area contributed by atoms with Crippen LogP contribution in [0.3, 0.4) is 0 Å². The monoisotopic (exact) mass is 1050 g/mol. The molecule has 2 aliphatic rings. The molecule has 66 heavy (non-hydrogen) atoms. The van der Waals surface area contributed by atoms with Crippen molar-refractivity contribution in [2.75, 3.05) is 18.6 Å². The molecule has 0 amide bonds. The molecule has 0 fully saturated rings. The molecule has 3 aromatic heterocycles. The average molecular weight is 1050 g/mol. The van der Waals surface area contributed by atoms with Gasteiger partial charge in [0.15, 0.2) is 40.7 Å². The topological polar surface area (TPSA) is 82.8 Å². The van der Waals surface area contributed by atoms with Crippen LogP contribution in [-0.4, -0.2) is 47.6 Å². The maximum Gasteiger partial charge on any atom is 2.00 e. The minimum Gasteiger partial charge on any atom is -0.656 e. The Kier molecular flexibility index (Phi) is 12.9. The van der Waals surface area contributed by atoms with Crippen molar-refractivity contribution in [3.05, 3.63) is 163 Å². The number of halogens is 10. The van der Waals surface area contributed by atoms with Gasteiger partial charge < -0.3 is 14.7 Å². The standard InChI is InChI=1S/C48H25F9IN4O2S.Mg/c1-65-19-18-64-48(63)23-4-2-21(3-5-23)35-27-10-14-31(59-27)38(37-25(49)20-26(50)41(51)42(37)52)32-15-11-29(60-32)36(22-6-8-24(58)9-7-22)30-13-17-34(62-30)39(33-16-12-28(35)61-33)40-43(53)45(55)47(57)46(56)44(40)54;/h2-17,20H,18-19H2,1H3,(H-,59,60,61,62,63);/q-1;+2/p+1/i1T;. The number of thioether (sulfide) groups is 1. The molecule has 0 aliphatic carbocycles. The fourth-order valence-corrected chi connectivity index (χ4v) is 8.19. The zero-order valence-electron chi connectivity index (χ0n) is 34.5. The molecule has 7 aromatic rings. The summed E-state index contributed by atoms with van der Waals surface area (Å²) in [5, 5.41) is 0. The number of hydrogen-bond acceptors (Lipinski definition) is 3. The van der Waals surface area contributed by atoms with Crippen LogP contribution in [0.2, 0.25) is 0 Å². The molecule has 0 atom stereocenters. The third-order valence-electron chi connectivity index (χ3n) is 10.6. The van der Waals surface area contributed by atoms with Crippen LogP contribution in [0.1, 0.15) is 34.5 Å². The number of esters is 1. The maximum absolute atomic E-state index is 16.0. The second kappa shape index (κ2) is 18.8. The molecule has 18 heteroatoms. The third-order valence-corrected chi connectivity index (χ3v) is 11.8. The number of aromatic amines is 2. The maximum atomic E-state index is 16.0. The van der Waals surface area contributed by atoms with Crippen LogP contribution in [-0.2, 0) is 4.74 Å². The first-order chi connectivity index (χ1) is 31.7. The number of carbonyl (C=O) groups excluding carboxylic acids is 1. The van der Waals surface area contributed by atoms with Crippen molar-refractivity contribution >= 4 is 110 Å². The first-order valence-corrected chi connectivity index (χ1v) is 21.4. The fraction of sp³-hybridized carbons (Fsp3) is 0.0625. The summed E-state index contributed by atoms with van der Waals surface area (Å²) in [5.74, 6) is -18.3. The molecule has 6 nitrogen and oxygen atoms in total. The largest absolute Gasteiger partial charge is 2.00 e. The van der Waals surface area contributed by atoms with E-state index in [2.05, 4.69) is 32.6 Å². The number of ether oxygens (including phenoxy) is 1. The van der Waals surface area contributed by atoms with Crippen molar-refractivity contribution in [3.8, 4) is 44.5 Å². The number of nitrogens with zero attached hydrogens (tertiary/aromatic N) is 2. The molecule has 9 rings (SSSR count). The molecular weight excluding hydrogens is 1020 g/mol. The smallest absolute Gasteiger partial charge is 0.656 e. The molecule has 4 aromatic carbocycles. The Morgan fingerprint density at radius 1 is 0.561 bits per heavy atom. The van der Waals surface area contributed by atoms with E-state index >= 15 is 30.7 Å². The van der Waals surface area contributed by atoms with E-state index in [0.29, 0.717) is 22.4 Å². The number of benzene rings is 4. The van der Waals surface area contributed by atoms with Crippen LogP contribution in [0.25, 0.3) is 90.9 Å². The van der Waals surface area contributed by atoms with Gasteiger partial charge in [0, 0.05) is 63.3 Å². The van der Waals surface area contributed by atoms with E-state index in [1.807, 2.05) is 0 Å². The molecule has 326 valence electrons. The minimum atomic E-state index is -2.37. The second-order valence-corrected chi connectivity index (χ2v) is 16.5. The van der Waals surface area contributed by atoms with Gasteiger partial charge in [-0.2, -0.15) is 11.8 Å². The number of rotatable bonds is 8. The van der Waals surface area contributed by atoms with Crippen molar-refractivity contribution in [2.24, 2.45) is 0 Å². The van der Waals surface area contributed by atoms with Gasteiger partial charge in [0.05, 0.1) is 16.7 Å². The van der Waals surface area contributed by atoms with Gasteiger partial charge in [-0.1, -0.05) is 48.5 Å². The van der Waals surface area contributed by atoms with Gasteiger partial charge in [0.2, 0.25) is 28.6 Å². The normalized spacial score (nSPS) is 12.1. The first-order valence-electron chi connectivity index (χ1n) is 19.9. The van der Waals surface area contributed by atoms with E-state index in [1.54, 1.807) is 24.3 Å². The van der Waals surface area contributed by atoms with Crippen molar-refractivity contribution in [1.82, 2.24) is 9.97 Å². The molecule has 0 unspecified atom stereocenters.